The van der Waals surface area contributed by atoms with Gasteiger partial charge in [0.2, 0.25) is 11.8 Å². The average Bonchev–Trinajstić information content (AvgIpc) is 3.10. The number of carbonyl (C=O) groups excluding carboxylic acids is 2. The third-order valence-electron chi connectivity index (χ3n) is 5.38. The van der Waals surface area contributed by atoms with E-state index in [4.69, 9.17) is 0 Å². The first-order valence-corrected chi connectivity index (χ1v) is 11.8. The van der Waals surface area contributed by atoms with Gasteiger partial charge in [-0.2, -0.15) is 13.2 Å². The Morgan fingerprint density at radius 2 is 1.75 bits per heavy atom. The number of anilines is 1. The third-order valence-corrected chi connectivity index (χ3v) is 6.55. The van der Waals surface area contributed by atoms with Crippen molar-refractivity contribution < 1.29 is 27.2 Å². The first kappa shape index (κ1) is 25.4. The summed E-state index contributed by atoms with van der Waals surface area (Å²) >= 11 is 1.09. The van der Waals surface area contributed by atoms with E-state index < -0.39 is 28.7 Å². The van der Waals surface area contributed by atoms with Crippen LogP contribution in [0.3, 0.4) is 0 Å². The van der Waals surface area contributed by atoms with Crippen molar-refractivity contribution in [3.05, 3.63) is 95.3 Å². The second kappa shape index (κ2) is 10.5. The molecule has 3 aromatic rings. The second-order valence-corrected chi connectivity index (χ2v) is 9.39. The summed E-state index contributed by atoms with van der Waals surface area (Å²) in [6, 6.07) is 17.4. The van der Waals surface area contributed by atoms with Crippen LogP contribution in [0.1, 0.15) is 23.1 Å². The van der Waals surface area contributed by atoms with Crippen molar-refractivity contribution in [2.75, 3.05) is 5.32 Å². The van der Waals surface area contributed by atoms with E-state index in [1.807, 2.05) is 31.2 Å². The highest BCUT2D eigenvalue weighted by Gasteiger charge is 2.39. The van der Waals surface area contributed by atoms with Gasteiger partial charge in [-0.05, 0) is 55.0 Å². The number of carbonyl (C=O) groups is 2. The Labute approximate surface area is 209 Å². The molecule has 186 valence electrons. The van der Waals surface area contributed by atoms with E-state index in [2.05, 4.69) is 10.3 Å². The van der Waals surface area contributed by atoms with Gasteiger partial charge in [0.05, 0.1) is 17.8 Å². The van der Waals surface area contributed by atoms with Gasteiger partial charge in [0.15, 0.2) is 5.17 Å². The van der Waals surface area contributed by atoms with E-state index in [-0.39, 0.29) is 24.6 Å². The van der Waals surface area contributed by atoms with Gasteiger partial charge in [0, 0.05) is 12.1 Å². The summed E-state index contributed by atoms with van der Waals surface area (Å²) in [6.07, 6.45) is -4.80. The van der Waals surface area contributed by atoms with Crippen molar-refractivity contribution in [1.82, 2.24) is 4.90 Å². The molecule has 1 fully saturated rings. The molecule has 0 bridgehead atoms. The van der Waals surface area contributed by atoms with Gasteiger partial charge in [0.1, 0.15) is 11.1 Å². The quantitative estimate of drug-likeness (QED) is 0.391. The summed E-state index contributed by atoms with van der Waals surface area (Å²) < 4.78 is 52.2. The zero-order valence-electron chi connectivity index (χ0n) is 19.1. The van der Waals surface area contributed by atoms with Crippen molar-refractivity contribution in [3.63, 3.8) is 0 Å². The van der Waals surface area contributed by atoms with Gasteiger partial charge >= 0.3 is 6.18 Å². The fraction of sp³-hybridized carbons (Fsp3) is 0.192. The van der Waals surface area contributed by atoms with Crippen LogP contribution in [-0.2, 0) is 22.3 Å². The highest BCUT2D eigenvalue weighted by molar-refractivity contribution is 8.15. The molecule has 0 aromatic heterocycles. The number of hydrogen-bond donors (Lipinski definition) is 1. The lowest BCUT2D eigenvalue weighted by molar-refractivity contribution is -0.137. The number of thioether (sulfide) groups is 1. The maximum absolute atomic E-state index is 13.3. The molecule has 0 unspecified atom stereocenters. The molecule has 0 spiro atoms. The van der Waals surface area contributed by atoms with Gasteiger partial charge in [-0.1, -0.05) is 47.7 Å². The Balaban J connectivity index is 1.53. The number of nitrogens with zero attached hydrogens (tertiary/aromatic N) is 2. The summed E-state index contributed by atoms with van der Waals surface area (Å²) in [5.41, 5.74) is 1.46. The molecule has 1 N–H and O–H groups in total. The number of nitrogens with one attached hydrogen (secondary N) is 1. The molecule has 1 heterocycles. The zero-order valence-corrected chi connectivity index (χ0v) is 19.9. The van der Waals surface area contributed by atoms with Crippen molar-refractivity contribution >= 4 is 40.1 Å². The number of amides is 2. The van der Waals surface area contributed by atoms with Crippen LogP contribution in [0.25, 0.3) is 0 Å². The first-order valence-electron chi connectivity index (χ1n) is 10.9. The van der Waals surface area contributed by atoms with Crippen LogP contribution in [0.2, 0.25) is 0 Å². The summed E-state index contributed by atoms with van der Waals surface area (Å²) in [5, 5.41) is 1.97. The standard InChI is InChI=1S/C26H21F4N3O2S/c1-16-5-7-17(8-6-16)15-33-24(35)22(36-25(33)32-20-11-9-19(27)10-12-20)14-23(34)31-21-4-2-3-18(13-21)26(28,29)30/h2-13,22H,14-15H2,1H3,(H,31,34)/t22-/m0/s1. The summed E-state index contributed by atoms with van der Waals surface area (Å²) in [6.45, 7) is 2.17. The highest BCUT2D eigenvalue weighted by atomic mass is 32.2. The largest absolute Gasteiger partial charge is 0.416 e. The molecule has 36 heavy (non-hydrogen) atoms. The molecule has 0 radical (unpaired) electrons. The van der Waals surface area contributed by atoms with Crippen molar-refractivity contribution in [2.45, 2.75) is 31.3 Å². The van der Waals surface area contributed by atoms with E-state index in [0.29, 0.717) is 10.9 Å². The number of halogens is 4. The van der Waals surface area contributed by atoms with Crippen molar-refractivity contribution in [3.8, 4) is 0 Å². The molecule has 5 nitrogen and oxygen atoms in total. The lowest BCUT2D eigenvalue weighted by Crippen LogP contribution is -2.33. The molecular formula is C26H21F4N3O2S. The molecule has 2 amide bonds. The smallest absolute Gasteiger partial charge is 0.326 e. The molecule has 1 saturated heterocycles. The fourth-order valence-corrected chi connectivity index (χ4v) is 4.68. The Hall–Kier alpha value is -3.66. The van der Waals surface area contributed by atoms with E-state index in [1.54, 1.807) is 0 Å². The van der Waals surface area contributed by atoms with Gasteiger partial charge < -0.3 is 5.32 Å². The molecule has 0 aliphatic carbocycles. The fourth-order valence-electron chi connectivity index (χ4n) is 3.53. The zero-order chi connectivity index (χ0) is 25.9. The Morgan fingerprint density at radius 3 is 2.42 bits per heavy atom. The predicted molar refractivity (Wildman–Crippen MR) is 131 cm³/mol. The van der Waals surface area contributed by atoms with Gasteiger partial charge in [0.25, 0.3) is 0 Å². The molecule has 10 heteroatoms. The van der Waals surface area contributed by atoms with Crippen LogP contribution in [0.15, 0.2) is 77.8 Å². The number of benzene rings is 3. The summed E-state index contributed by atoms with van der Waals surface area (Å²) in [4.78, 5) is 31.8. The predicted octanol–water partition coefficient (Wildman–Crippen LogP) is 6.31. The molecule has 1 aliphatic rings. The van der Waals surface area contributed by atoms with Crippen LogP contribution in [-0.4, -0.2) is 27.1 Å². The normalized spacial score (nSPS) is 17.0. The Morgan fingerprint density at radius 1 is 1.06 bits per heavy atom. The monoisotopic (exact) mass is 515 g/mol. The van der Waals surface area contributed by atoms with Crippen LogP contribution in [0, 0.1) is 12.7 Å². The lowest BCUT2D eigenvalue weighted by atomic mass is 10.1. The minimum atomic E-state index is -4.54. The van der Waals surface area contributed by atoms with Crippen LogP contribution in [0.5, 0.6) is 0 Å². The number of amidine groups is 1. The molecule has 3 aromatic carbocycles. The minimum absolute atomic E-state index is 0.0121. The minimum Gasteiger partial charge on any atom is -0.326 e. The number of aliphatic imine (C=N–C) groups is 1. The number of aryl methyl sites for hydroxylation is 1. The first-order chi connectivity index (χ1) is 17.1. The highest BCUT2D eigenvalue weighted by Crippen LogP contribution is 2.34. The lowest BCUT2D eigenvalue weighted by Gasteiger charge is -2.17. The molecule has 0 saturated carbocycles. The van der Waals surface area contributed by atoms with E-state index in [9.17, 15) is 27.2 Å². The van der Waals surface area contributed by atoms with Gasteiger partial charge in [-0.25, -0.2) is 9.38 Å². The van der Waals surface area contributed by atoms with Gasteiger partial charge in [-0.15, -0.1) is 0 Å². The molecule has 4 rings (SSSR count). The van der Waals surface area contributed by atoms with E-state index in [0.717, 1.165) is 35.0 Å². The maximum atomic E-state index is 13.3. The van der Waals surface area contributed by atoms with Crippen LogP contribution < -0.4 is 5.32 Å². The summed E-state index contributed by atoms with van der Waals surface area (Å²) in [7, 11) is 0. The topological polar surface area (TPSA) is 61.8 Å². The van der Waals surface area contributed by atoms with E-state index in [1.165, 1.54) is 41.3 Å². The number of rotatable bonds is 6. The van der Waals surface area contributed by atoms with Gasteiger partial charge in [-0.3, -0.25) is 14.5 Å². The van der Waals surface area contributed by atoms with Crippen LogP contribution in [0.4, 0.5) is 28.9 Å². The maximum Gasteiger partial charge on any atom is 0.416 e. The third kappa shape index (κ3) is 6.31. The molecule has 1 aliphatic heterocycles. The van der Waals surface area contributed by atoms with Crippen molar-refractivity contribution in [2.24, 2.45) is 4.99 Å². The van der Waals surface area contributed by atoms with E-state index >= 15 is 0 Å². The summed E-state index contributed by atoms with van der Waals surface area (Å²) in [5.74, 6) is -1.37. The second-order valence-electron chi connectivity index (χ2n) is 8.22. The Bertz CT molecular complexity index is 1290. The molecule has 1 atom stereocenters. The number of hydrogen-bond acceptors (Lipinski definition) is 4. The van der Waals surface area contributed by atoms with Crippen LogP contribution >= 0.6 is 11.8 Å². The average molecular weight is 516 g/mol. The van der Waals surface area contributed by atoms with Crippen molar-refractivity contribution in [1.29, 1.82) is 0 Å². The Kier molecular flexibility index (Phi) is 7.44. The SMILES string of the molecule is Cc1ccc(CN2C(=O)[C@H](CC(=O)Nc3cccc(C(F)(F)F)c3)SC2=Nc2ccc(F)cc2)cc1. The molecular weight excluding hydrogens is 494 g/mol. The number of alkyl halides is 3.